The zero-order valence-corrected chi connectivity index (χ0v) is 18.4. The van der Waals surface area contributed by atoms with E-state index in [0.29, 0.717) is 12.8 Å². The van der Waals surface area contributed by atoms with Gasteiger partial charge in [0.05, 0.1) is 6.04 Å². The minimum absolute atomic E-state index is 0.0530. The molecule has 2 amide bonds. The second kappa shape index (κ2) is 8.47. The number of sulfonamides is 1. The molecule has 3 heterocycles. The molecule has 166 valence electrons. The van der Waals surface area contributed by atoms with Gasteiger partial charge in [0.25, 0.3) is 5.91 Å². The Bertz CT molecular complexity index is 1070. The van der Waals surface area contributed by atoms with E-state index in [-0.39, 0.29) is 41.5 Å². The molecule has 31 heavy (non-hydrogen) atoms. The number of carbonyl (C=O) groups is 2. The van der Waals surface area contributed by atoms with Crippen LogP contribution in [0.5, 0.6) is 0 Å². The van der Waals surface area contributed by atoms with Gasteiger partial charge < -0.3 is 15.2 Å². The number of aromatic nitrogens is 1. The summed E-state index contributed by atoms with van der Waals surface area (Å²) < 4.78 is 28.8. The summed E-state index contributed by atoms with van der Waals surface area (Å²) in [7, 11) is -2.15. The van der Waals surface area contributed by atoms with Crippen molar-refractivity contribution in [3.8, 4) is 0 Å². The van der Waals surface area contributed by atoms with E-state index in [1.165, 1.54) is 21.1 Å². The molecule has 9 heteroatoms. The third kappa shape index (κ3) is 4.12. The summed E-state index contributed by atoms with van der Waals surface area (Å²) in [5.74, 6) is -0.723. The number of benzene rings is 1. The minimum atomic E-state index is -3.74. The molecule has 1 unspecified atom stereocenters. The Kier molecular flexibility index (Phi) is 5.90. The van der Waals surface area contributed by atoms with Gasteiger partial charge in [0, 0.05) is 38.8 Å². The van der Waals surface area contributed by atoms with Crippen LogP contribution in [0.3, 0.4) is 0 Å². The fourth-order valence-electron chi connectivity index (χ4n) is 4.70. The first-order valence-electron chi connectivity index (χ1n) is 10.6. The lowest BCUT2D eigenvalue weighted by molar-refractivity contribution is -0.137. The first kappa shape index (κ1) is 21.6. The largest absolute Gasteiger partial charge is 0.364 e. The molecule has 2 saturated heterocycles. The number of rotatable bonds is 5. The summed E-state index contributed by atoms with van der Waals surface area (Å²) >= 11 is 0. The fraction of sp³-hybridized carbons (Fsp3) is 0.455. The normalized spacial score (nSPS) is 20.8. The quantitative estimate of drug-likeness (QED) is 0.760. The molecule has 2 aliphatic heterocycles. The molecule has 4 rings (SSSR count). The number of primary amides is 1. The maximum Gasteiger partial charge on any atom is 0.265 e. The molecule has 8 nitrogen and oxygen atoms in total. The van der Waals surface area contributed by atoms with Crippen molar-refractivity contribution in [3.63, 3.8) is 0 Å². The lowest BCUT2D eigenvalue weighted by atomic mass is 9.95. The Hall–Kier alpha value is -2.65. The molecule has 0 spiro atoms. The fourth-order valence-corrected chi connectivity index (χ4v) is 6.24. The van der Waals surface area contributed by atoms with Crippen LogP contribution in [0.25, 0.3) is 0 Å². The van der Waals surface area contributed by atoms with Crippen LogP contribution in [-0.2, 0) is 21.9 Å². The number of hydrogen-bond donors (Lipinski definition) is 1. The second-order valence-electron chi connectivity index (χ2n) is 8.31. The topological polar surface area (TPSA) is 106 Å². The van der Waals surface area contributed by atoms with Crippen molar-refractivity contribution in [2.45, 2.75) is 36.6 Å². The van der Waals surface area contributed by atoms with Crippen LogP contribution in [0.1, 0.15) is 47.8 Å². The molecule has 0 bridgehead atoms. The van der Waals surface area contributed by atoms with Gasteiger partial charge in [0.2, 0.25) is 15.9 Å². The van der Waals surface area contributed by atoms with Crippen LogP contribution in [-0.4, -0.2) is 53.6 Å². The van der Waals surface area contributed by atoms with E-state index in [9.17, 15) is 18.0 Å². The summed E-state index contributed by atoms with van der Waals surface area (Å²) in [6.45, 7) is 1.31. The molecule has 1 aromatic heterocycles. The second-order valence-corrected chi connectivity index (χ2v) is 10.3. The van der Waals surface area contributed by atoms with Crippen molar-refractivity contribution >= 4 is 21.8 Å². The van der Waals surface area contributed by atoms with Crippen LogP contribution in [0.15, 0.2) is 47.5 Å². The molecule has 2 N–H and O–H groups in total. The van der Waals surface area contributed by atoms with Gasteiger partial charge in [0.1, 0.15) is 10.6 Å². The van der Waals surface area contributed by atoms with Gasteiger partial charge in [-0.25, -0.2) is 8.42 Å². The monoisotopic (exact) mass is 444 g/mol. The Morgan fingerprint density at radius 1 is 1.03 bits per heavy atom. The molecule has 2 aliphatic rings. The van der Waals surface area contributed by atoms with Gasteiger partial charge >= 0.3 is 0 Å². The number of likely N-dealkylation sites (tertiary alicyclic amines) is 1. The number of carbonyl (C=O) groups excluding carboxylic acids is 2. The van der Waals surface area contributed by atoms with Crippen LogP contribution in [0, 0.1) is 5.92 Å². The first-order valence-corrected chi connectivity index (χ1v) is 12.0. The number of piperidine rings is 1. The van der Waals surface area contributed by atoms with E-state index in [2.05, 4.69) is 12.1 Å². The van der Waals surface area contributed by atoms with Gasteiger partial charge in [-0.15, -0.1) is 0 Å². The lowest BCUT2D eigenvalue weighted by Gasteiger charge is -2.34. The molecular weight excluding hydrogens is 416 g/mol. The van der Waals surface area contributed by atoms with Crippen molar-refractivity contribution in [1.82, 2.24) is 13.8 Å². The summed E-state index contributed by atoms with van der Waals surface area (Å²) in [5, 5.41) is 0. The third-order valence-corrected chi connectivity index (χ3v) is 8.26. The van der Waals surface area contributed by atoms with Gasteiger partial charge in [0.15, 0.2) is 0 Å². The average Bonchev–Trinajstić information content (AvgIpc) is 3.41. The number of nitrogens with two attached hydrogens (primary N) is 1. The predicted octanol–water partition coefficient (Wildman–Crippen LogP) is 1.89. The zero-order valence-electron chi connectivity index (χ0n) is 17.6. The van der Waals surface area contributed by atoms with Crippen LogP contribution >= 0.6 is 0 Å². The Labute approximate surface area is 182 Å². The van der Waals surface area contributed by atoms with Crippen molar-refractivity contribution < 1.29 is 18.0 Å². The van der Waals surface area contributed by atoms with E-state index in [1.54, 1.807) is 7.05 Å². The highest BCUT2D eigenvalue weighted by Gasteiger charge is 2.38. The van der Waals surface area contributed by atoms with Crippen LogP contribution < -0.4 is 5.73 Å². The highest BCUT2D eigenvalue weighted by atomic mass is 32.2. The van der Waals surface area contributed by atoms with Gasteiger partial charge in [-0.05, 0) is 37.3 Å². The molecule has 0 aliphatic carbocycles. The standard InChI is InChI=1S/C22H28N4O4S/c1-24-15-18(14-20(24)21(23)27)31(29,30)25-12-9-17(10-13-25)22(28)26-11-5-8-19(26)16-6-3-2-4-7-16/h2-4,6-7,14-15,17,19H,5,8-13H2,1H3,(H2,23,27). The summed E-state index contributed by atoms with van der Waals surface area (Å²) in [6, 6.07) is 11.5. The molecule has 1 atom stereocenters. The first-order chi connectivity index (χ1) is 14.8. The Morgan fingerprint density at radius 2 is 1.71 bits per heavy atom. The molecule has 2 fully saturated rings. The Balaban J connectivity index is 1.43. The predicted molar refractivity (Wildman–Crippen MR) is 116 cm³/mol. The molecule has 0 saturated carbocycles. The molecule has 2 aromatic rings. The highest BCUT2D eigenvalue weighted by molar-refractivity contribution is 7.89. The number of nitrogens with zero attached hydrogens (tertiary/aromatic N) is 3. The van der Waals surface area contributed by atoms with E-state index in [0.717, 1.165) is 24.9 Å². The maximum atomic E-state index is 13.2. The zero-order chi connectivity index (χ0) is 22.2. The van der Waals surface area contributed by atoms with Gasteiger partial charge in [-0.3, -0.25) is 9.59 Å². The molecular formula is C22H28N4O4S. The highest BCUT2D eigenvalue weighted by Crippen LogP contribution is 2.35. The maximum absolute atomic E-state index is 13.2. The number of hydrogen-bond acceptors (Lipinski definition) is 4. The van der Waals surface area contributed by atoms with Gasteiger partial charge in [-0.1, -0.05) is 30.3 Å². The van der Waals surface area contributed by atoms with Gasteiger partial charge in [-0.2, -0.15) is 4.31 Å². The number of amides is 2. The van der Waals surface area contributed by atoms with Crippen LogP contribution in [0.4, 0.5) is 0 Å². The summed E-state index contributed by atoms with van der Waals surface area (Å²) in [4.78, 5) is 26.7. The van der Waals surface area contributed by atoms with E-state index >= 15 is 0 Å². The summed E-state index contributed by atoms with van der Waals surface area (Å²) in [5.41, 5.74) is 6.60. The van der Waals surface area contributed by atoms with E-state index < -0.39 is 15.9 Å². The third-order valence-electron chi connectivity index (χ3n) is 6.39. The van der Waals surface area contributed by atoms with E-state index in [1.807, 2.05) is 23.1 Å². The smallest absolute Gasteiger partial charge is 0.265 e. The average molecular weight is 445 g/mol. The van der Waals surface area contributed by atoms with Crippen LogP contribution in [0.2, 0.25) is 0 Å². The Morgan fingerprint density at radius 3 is 2.32 bits per heavy atom. The molecule has 0 radical (unpaired) electrons. The summed E-state index contributed by atoms with van der Waals surface area (Å²) in [6.07, 6.45) is 4.33. The lowest BCUT2D eigenvalue weighted by Crippen LogP contribution is -2.44. The number of aryl methyl sites for hydroxylation is 1. The van der Waals surface area contributed by atoms with E-state index in [4.69, 9.17) is 5.73 Å². The molecule has 1 aromatic carbocycles. The van der Waals surface area contributed by atoms with Crippen molar-refractivity contribution in [2.75, 3.05) is 19.6 Å². The SMILES string of the molecule is Cn1cc(S(=O)(=O)N2CCC(C(=O)N3CCCC3c3ccccc3)CC2)cc1C(N)=O. The van der Waals surface area contributed by atoms with Crippen molar-refractivity contribution in [1.29, 1.82) is 0 Å². The minimum Gasteiger partial charge on any atom is -0.364 e. The van der Waals surface area contributed by atoms with Crippen molar-refractivity contribution in [2.24, 2.45) is 18.7 Å². The van der Waals surface area contributed by atoms with Crippen molar-refractivity contribution in [3.05, 3.63) is 53.9 Å².